The fourth-order valence-corrected chi connectivity index (χ4v) is 3.34. The minimum atomic E-state index is 0.0949. The number of anilines is 1. The van der Waals surface area contributed by atoms with Crippen molar-refractivity contribution in [2.75, 3.05) is 18.4 Å². The molecule has 1 atom stereocenters. The lowest BCUT2D eigenvalue weighted by molar-refractivity contribution is -0.127. The van der Waals surface area contributed by atoms with Gasteiger partial charge in [0, 0.05) is 37.2 Å². The topological polar surface area (TPSA) is 62.5 Å². The predicted octanol–water partition coefficient (Wildman–Crippen LogP) is 2.82. The summed E-state index contributed by atoms with van der Waals surface area (Å²) in [5.41, 5.74) is 2.74. The number of hydrogen-bond donors (Lipinski definition) is 1. The lowest BCUT2D eigenvalue weighted by Crippen LogP contribution is -2.29. The molecular formula is C19H21N5O. The Balaban J connectivity index is 1.65. The van der Waals surface area contributed by atoms with Crippen molar-refractivity contribution in [1.29, 1.82) is 0 Å². The molecule has 6 nitrogen and oxygen atoms in total. The molecule has 0 saturated carbocycles. The Morgan fingerprint density at radius 1 is 1.24 bits per heavy atom. The van der Waals surface area contributed by atoms with Gasteiger partial charge < -0.3 is 10.2 Å². The summed E-state index contributed by atoms with van der Waals surface area (Å²) >= 11 is 0. The van der Waals surface area contributed by atoms with Gasteiger partial charge in [-0.15, -0.1) is 0 Å². The lowest BCUT2D eigenvalue weighted by atomic mass is 10.1. The normalized spacial score (nSPS) is 17.4. The van der Waals surface area contributed by atoms with Crippen LogP contribution in [0.1, 0.15) is 19.8 Å². The van der Waals surface area contributed by atoms with Crippen molar-refractivity contribution in [3.63, 3.8) is 0 Å². The number of rotatable bonds is 5. The Morgan fingerprint density at radius 3 is 2.88 bits per heavy atom. The average Bonchev–Trinajstić information content (AvgIpc) is 3.23. The molecule has 3 heterocycles. The summed E-state index contributed by atoms with van der Waals surface area (Å²) in [6, 6.07) is 14.1. The molecule has 0 unspecified atom stereocenters. The van der Waals surface area contributed by atoms with Gasteiger partial charge in [0.1, 0.15) is 5.82 Å². The van der Waals surface area contributed by atoms with E-state index in [1.165, 1.54) is 0 Å². The van der Waals surface area contributed by atoms with E-state index in [1.807, 2.05) is 47.4 Å². The number of nitrogens with zero attached hydrogens (tertiary/aromatic N) is 4. The van der Waals surface area contributed by atoms with Crippen LogP contribution >= 0.6 is 0 Å². The molecule has 1 N–H and O–H groups in total. The smallest absolute Gasteiger partial charge is 0.224 e. The van der Waals surface area contributed by atoms with Crippen LogP contribution in [0.5, 0.6) is 0 Å². The highest BCUT2D eigenvalue weighted by molar-refractivity contribution is 5.80. The summed E-state index contributed by atoms with van der Waals surface area (Å²) in [5.74, 6) is 1.08. The summed E-state index contributed by atoms with van der Waals surface area (Å²) in [7, 11) is 0. The van der Waals surface area contributed by atoms with Gasteiger partial charge in [0.15, 0.2) is 5.65 Å². The molecule has 1 aliphatic heterocycles. The van der Waals surface area contributed by atoms with Crippen molar-refractivity contribution in [1.82, 2.24) is 19.5 Å². The fraction of sp³-hybridized carbons (Fsp3) is 0.316. The van der Waals surface area contributed by atoms with Crippen LogP contribution in [0, 0.1) is 0 Å². The summed E-state index contributed by atoms with van der Waals surface area (Å²) in [6.45, 7) is 3.65. The van der Waals surface area contributed by atoms with Crippen LogP contribution in [-0.4, -0.2) is 44.5 Å². The van der Waals surface area contributed by atoms with Crippen molar-refractivity contribution in [3.8, 4) is 11.3 Å². The lowest BCUT2D eigenvalue weighted by Gasteiger charge is -2.17. The van der Waals surface area contributed by atoms with Crippen LogP contribution in [0.15, 0.2) is 48.7 Å². The molecule has 1 aromatic carbocycles. The highest BCUT2D eigenvalue weighted by atomic mass is 16.2. The highest BCUT2D eigenvalue weighted by Gasteiger charge is 2.29. The Labute approximate surface area is 146 Å². The standard InChI is InChI=1S/C19H21N5O/c1-2-10-23-13-15(11-19(23)25)21-18-12-16(14-6-4-3-5-7-14)22-17-8-9-20-24(17)18/h3-9,12,15,21H,2,10-11,13H2,1H3/t15-/m0/s1. The van der Waals surface area contributed by atoms with Crippen LogP contribution in [0.25, 0.3) is 16.9 Å². The maximum atomic E-state index is 12.1. The first-order valence-corrected chi connectivity index (χ1v) is 8.69. The number of likely N-dealkylation sites (tertiary alicyclic amines) is 1. The second-order valence-corrected chi connectivity index (χ2v) is 6.38. The van der Waals surface area contributed by atoms with Crippen LogP contribution in [0.3, 0.4) is 0 Å². The largest absolute Gasteiger partial charge is 0.365 e. The number of benzene rings is 1. The quantitative estimate of drug-likeness (QED) is 0.779. The monoisotopic (exact) mass is 335 g/mol. The van der Waals surface area contributed by atoms with Crippen LogP contribution in [0.4, 0.5) is 5.82 Å². The molecule has 4 rings (SSSR count). The van der Waals surface area contributed by atoms with Crippen molar-refractivity contribution >= 4 is 17.4 Å². The van der Waals surface area contributed by atoms with E-state index in [-0.39, 0.29) is 11.9 Å². The zero-order chi connectivity index (χ0) is 17.2. The molecule has 3 aromatic rings. The van der Waals surface area contributed by atoms with E-state index in [2.05, 4.69) is 22.3 Å². The third kappa shape index (κ3) is 3.07. The van der Waals surface area contributed by atoms with E-state index in [0.29, 0.717) is 6.42 Å². The predicted molar refractivity (Wildman–Crippen MR) is 97.3 cm³/mol. The van der Waals surface area contributed by atoms with Crippen molar-refractivity contribution in [2.45, 2.75) is 25.8 Å². The SMILES string of the molecule is CCCN1C[C@@H](Nc2cc(-c3ccccc3)nc3ccnn23)CC1=O. The molecule has 0 bridgehead atoms. The summed E-state index contributed by atoms with van der Waals surface area (Å²) in [4.78, 5) is 18.7. The zero-order valence-electron chi connectivity index (χ0n) is 14.2. The van der Waals surface area contributed by atoms with Gasteiger partial charge in [0.2, 0.25) is 5.91 Å². The third-order valence-electron chi connectivity index (χ3n) is 4.49. The summed E-state index contributed by atoms with van der Waals surface area (Å²) in [5, 5.41) is 7.86. The molecule has 0 aliphatic carbocycles. The first-order chi connectivity index (χ1) is 12.2. The minimum Gasteiger partial charge on any atom is -0.365 e. The van der Waals surface area contributed by atoms with Crippen molar-refractivity contribution in [3.05, 3.63) is 48.7 Å². The van der Waals surface area contributed by atoms with Gasteiger partial charge >= 0.3 is 0 Å². The van der Waals surface area contributed by atoms with Gasteiger partial charge in [-0.3, -0.25) is 4.79 Å². The molecule has 0 radical (unpaired) electrons. The fourth-order valence-electron chi connectivity index (χ4n) is 3.34. The molecule has 1 saturated heterocycles. The molecule has 1 aliphatic rings. The number of carbonyl (C=O) groups excluding carboxylic acids is 1. The Morgan fingerprint density at radius 2 is 2.08 bits per heavy atom. The highest BCUT2D eigenvalue weighted by Crippen LogP contribution is 2.24. The van der Waals surface area contributed by atoms with Gasteiger partial charge in [-0.1, -0.05) is 37.3 Å². The number of aromatic nitrogens is 3. The first-order valence-electron chi connectivity index (χ1n) is 8.69. The molecule has 0 spiro atoms. The second-order valence-electron chi connectivity index (χ2n) is 6.38. The summed E-state index contributed by atoms with van der Waals surface area (Å²) < 4.78 is 1.79. The zero-order valence-corrected chi connectivity index (χ0v) is 14.2. The van der Waals surface area contributed by atoms with Crippen LogP contribution < -0.4 is 5.32 Å². The number of amides is 1. The Kier molecular flexibility index (Phi) is 4.09. The van der Waals surface area contributed by atoms with Gasteiger partial charge in [-0.25, -0.2) is 4.98 Å². The molecule has 1 amide bonds. The van der Waals surface area contributed by atoms with Gasteiger partial charge in [0.25, 0.3) is 0 Å². The van der Waals surface area contributed by atoms with Crippen molar-refractivity contribution < 1.29 is 4.79 Å². The second kappa shape index (κ2) is 6.55. The van der Waals surface area contributed by atoms with Crippen LogP contribution in [-0.2, 0) is 4.79 Å². The van der Waals surface area contributed by atoms with Crippen LogP contribution in [0.2, 0.25) is 0 Å². The number of fused-ring (bicyclic) bond motifs is 1. The molecule has 128 valence electrons. The van der Waals surface area contributed by atoms with Gasteiger partial charge in [0.05, 0.1) is 17.9 Å². The molecule has 1 fully saturated rings. The number of nitrogens with one attached hydrogen (secondary N) is 1. The molecule has 2 aromatic heterocycles. The van der Waals surface area contributed by atoms with E-state index >= 15 is 0 Å². The van der Waals surface area contributed by atoms with E-state index < -0.39 is 0 Å². The van der Waals surface area contributed by atoms with Gasteiger partial charge in [-0.2, -0.15) is 9.61 Å². The number of carbonyl (C=O) groups is 1. The maximum absolute atomic E-state index is 12.1. The van der Waals surface area contributed by atoms with E-state index in [9.17, 15) is 4.79 Å². The van der Waals surface area contributed by atoms with Gasteiger partial charge in [-0.05, 0) is 6.42 Å². The summed E-state index contributed by atoms with van der Waals surface area (Å²) in [6.07, 6.45) is 3.24. The van der Waals surface area contributed by atoms with Crippen molar-refractivity contribution in [2.24, 2.45) is 0 Å². The molecular weight excluding hydrogens is 314 g/mol. The maximum Gasteiger partial charge on any atom is 0.224 e. The van der Waals surface area contributed by atoms with E-state index in [4.69, 9.17) is 0 Å². The first kappa shape index (κ1) is 15.6. The minimum absolute atomic E-state index is 0.0949. The third-order valence-corrected chi connectivity index (χ3v) is 4.49. The van der Waals surface area contributed by atoms with E-state index in [1.54, 1.807) is 10.7 Å². The number of hydrogen-bond acceptors (Lipinski definition) is 4. The van der Waals surface area contributed by atoms with E-state index in [0.717, 1.165) is 42.2 Å². The Hall–Kier alpha value is -2.89. The molecule has 25 heavy (non-hydrogen) atoms. The molecule has 6 heteroatoms. The Bertz CT molecular complexity index is 889. The average molecular weight is 335 g/mol.